The lowest BCUT2D eigenvalue weighted by Crippen LogP contribution is -2.31. The number of benzene rings is 1. The van der Waals surface area contributed by atoms with E-state index in [-0.39, 0.29) is 11.9 Å². The SMILES string of the molecule is CCC(NCC(N)=NO)c1ccccc1. The van der Waals surface area contributed by atoms with Crippen molar-refractivity contribution in [2.75, 3.05) is 6.54 Å². The summed E-state index contributed by atoms with van der Waals surface area (Å²) in [5.74, 6) is 0.199. The third kappa shape index (κ3) is 3.59. The molecule has 1 unspecified atom stereocenters. The molecule has 1 rings (SSSR count). The summed E-state index contributed by atoms with van der Waals surface area (Å²) in [6.45, 7) is 2.49. The molecule has 0 heterocycles. The molecule has 0 amide bonds. The van der Waals surface area contributed by atoms with Crippen molar-refractivity contribution < 1.29 is 5.21 Å². The van der Waals surface area contributed by atoms with Crippen LogP contribution in [0.1, 0.15) is 24.9 Å². The number of amidine groups is 1. The van der Waals surface area contributed by atoms with Gasteiger partial charge in [0.15, 0.2) is 5.84 Å². The van der Waals surface area contributed by atoms with E-state index in [1.165, 1.54) is 5.56 Å². The monoisotopic (exact) mass is 207 g/mol. The lowest BCUT2D eigenvalue weighted by Gasteiger charge is -2.16. The van der Waals surface area contributed by atoms with Crippen LogP contribution < -0.4 is 11.1 Å². The summed E-state index contributed by atoms with van der Waals surface area (Å²) >= 11 is 0. The molecule has 82 valence electrons. The zero-order chi connectivity index (χ0) is 11.1. The van der Waals surface area contributed by atoms with Crippen LogP contribution in [-0.4, -0.2) is 17.6 Å². The van der Waals surface area contributed by atoms with Crippen molar-refractivity contribution in [1.82, 2.24) is 5.32 Å². The van der Waals surface area contributed by atoms with Crippen LogP contribution in [-0.2, 0) is 0 Å². The van der Waals surface area contributed by atoms with E-state index >= 15 is 0 Å². The lowest BCUT2D eigenvalue weighted by atomic mass is 10.0. The molecule has 0 saturated carbocycles. The van der Waals surface area contributed by atoms with Gasteiger partial charge in [0.25, 0.3) is 0 Å². The second-order valence-corrected chi connectivity index (χ2v) is 3.34. The standard InChI is InChI=1S/C11H17N3O/c1-2-10(13-8-11(12)14-15)9-6-4-3-5-7-9/h3-7,10,13,15H,2,8H2,1H3,(H2,12,14). The summed E-state index contributed by atoms with van der Waals surface area (Å²) in [7, 11) is 0. The summed E-state index contributed by atoms with van der Waals surface area (Å²) in [6, 6.07) is 10.4. The van der Waals surface area contributed by atoms with Gasteiger partial charge in [0.2, 0.25) is 0 Å². The highest BCUT2D eigenvalue weighted by Crippen LogP contribution is 2.15. The predicted molar refractivity (Wildman–Crippen MR) is 60.9 cm³/mol. The van der Waals surface area contributed by atoms with Gasteiger partial charge in [-0.2, -0.15) is 0 Å². The molecule has 4 nitrogen and oxygen atoms in total. The highest BCUT2D eigenvalue weighted by atomic mass is 16.4. The lowest BCUT2D eigenvalue weighted by molar-refractivity contribution is 0.316. The highest BCUT2D eigenvalue weighted by molar-refractivity contribution is 5.81. The fraction of sp³-hybridized carbons (Fsp3) is 0.364. The molecule has 0 bridgehead atoms. The number of rotatable bonds is 5. The molecule has 1 aromatic rings. The molecule has 0 radical (unpaired) electrons. The number of hydrogen-bond donors (Lipinski definition) is 3. The van der Waals surface area contributed by atoms with Crippen LogP contribution in [0.25, 0.3) is 0 Å². The molecule has 1 atom stereocenters. The molecule has 0 aliphatic carbocycles. The molecule has 0 aliphatic heterocycles. The van der Waals surface area contributed by atoms with Crippen LogP contribution in [0, 0.1) is 0 Å². The van der Waals surface area contributed by atoms with Crippen LogP contribution in [0.4, 0.5) is 0 Å². The maximum absolute atomic E-state index is 8.41. The van der Waals surface area contributed by atoms with E-state index in [0.29, 0.717) is 6.54 Å². The van der Waals surface area contributed by atoms with Crippen LogP contribution >= 0.6 is 0 Å². The third-order valence-electron chi connectivity index (χ3n) is 2.27. The Bertz CT molecular complexity index is 311. The van der Waals surface area contributed by atoms with Gasteiger partial charge in [-0.15, -0.1) is 0 Å². The van der Waals surface area contributed by atoms with Crippen molar-refractivity contribution in [2.24, 2.45) is 10.9 Å². The summed E-state index contributed by atoms with van der Waals surface area (Å²) in [5, 5.41) is 14.6. The molecule has 0 aliphatic rings. The second-order valence-electron chi connectivity index (χ2n) is 3.34. The fourth-order valence-corrected chi connectivity index (χ4v) is 1.45. The van der Waals surface area contributed by atoms with Crippen molar-refractivity contribution in [3.8, 4) is 0 Å². The molecule has 0 spiro atoms. The number of hydrogen-bond acceptors (Lipinski definition) is 3. The average Bonchev–Trinajstić information content (AvgIpc) is 2.31. The van der Waals surface area contributed by atoms with Gasteiger partial charge in [-0.25, -0.2) is 0 Å². The van der Waals surface area contributed by atoms with E-state index in [4.69, 9.17) is 10.9 Å². The minimum Gasteiger partial charge on any atom is -0.409 e. The predicted octanol–water partition coefficient (Wildman–Crippen LogP) is 1.47. The number of nitrogens with two attached hydrogens (primary N) is 1. The van der Waals surface area contributed by atoms with Gasteiger partial charge < -0.3 is 16.3 Å². The van der Waals surface area contributed by atoms with Crippen molar-refractivity contribution in [1.29, 1.82) is 0 Å². The van der Waals surface area contributed by atoms with Gasteiger partial charge >= 0.3 is 0 Å². The molecule has 0 saturated heterocycles. The minimum atomic E-state index is 0.199. The highest BCUT2D eigenvalue weighted by Gasteiger charge is 2.07. The Labute approximate surface area is 89.8 Å². The van der Waals surface area contributed by atoms with E-state index in [1.807, 2.05) is 18.2 Å². The second kappa shape index (κ2) is 6.03. The maximum atomic E-state index is 8.41. The first-order chi connectivity index (χ1) is 7.27. The molecular weight excluding hydrogens is 190 g/mol. The molecule has 0 fully saturated rings. The Kier molecular flexibility index (Phi) is 4.63. The molecule has 0 aromatic heterocycles. The smallest absolute Gasteiger partial charge is 0.153 e. The Morgan fingerprint density at radius 3 is 2.67 bits per heavy atom. The van der Waals surface area contributed by atoms with E-state index in [2.05, 4.69) is 29.5 Å². The summed E-state index contributed by atoms with van der Waals surface area (Å²) in [4.78, 5) is 0. The van der Waals surface area contributed by atoms with E-state index in [0.717, 1.165) is 6.42 Å². The van der Waals surface area contributed by atoms with Gasteiger partial charge in [0.05, 0.1) is 6.54 Å². The largest absolute Gasteiger partial charge is 0.409 e. The Morgan fingerprint density at radius 2 is 2.13 bits per heavy atom. The van der Waals surface area contributed by atoms with Gasteiger partial charge in [-0.1, -0.05) is 42.4 Å². The van der Waals surface area contributed by atoms with Crippen molar-refractivity contribution >= 4 is 5.84 Å². The first kappa shape index (κ1) is 11.5. The van der Waals surface area contributed by atoms with Crippen LogP contribution in [0.3, 0.4) is 0 Å². The van der Waals surface area contributed by atoms with E-state index < -0.39 is 0 Å². The van der Waals surface area contributed by atoms with Gasteiger partial charge in [0.1, 0.15) is 0 Å². The maximum Gasteiger partial charge on any atom is 0.153 e. The van der Waals surface area contributed by atoms with Crippen LogP contribution in [0.5, 0.6) is 0 Å². The number of nitrogens with zero attached hydrogens (tertiary/aromatic N) is 1. The summed E-state index contributed by atoms with van der Waals surface area (Å²) in [5.41, 5.74) is 6.61. The average molecular weight is 207 g/mol. The normalized spacial score (nSPS) is 13.8. The van der Waals surface area contributed by atoms with Gasteiger partial charge in [0, 0.05) is 6.04 Å². The molecule has 4 N–H and O–H groups in total. The van der Waals surface area contributed by atoms with E-state index in [1.54, 1.807) is 0 Å². The molecule has 4 heteroatoms. The van der Waals surface area contributed by atoms with Crippen LogP contribution in [0.2, 0.25) is 0 Å². The van der Waals surface area contributed by atoms with Crippen molar-refractivity contribution in [3.05, 3.63) is 35.9 Å². The fourth-order valence-electron chi connectivity index (χ4n) is 1.45. The number of oxime groups is 1. The first-order valence-corrected chi connectivity index (χ1v) is 5.02. The van der Waals surface area contributed by atoms with Crippen molar-refractivity contribution in [3.63, 3.8) is 0 Å². The molecule has 15 heavy (non-hydrogen) atoms. The Morgan fingerprint density at radius 1 is 1.47 bits per heavy atom. The van der Waals surface area contributed by atoms with Crippen LogP contribution in [0.15, 0.2) is 35.5 Å². The van der Waals surface area contributed by atoms with Gasteiger partial charge in [-0.05, 0) is 12.0 Å². The van der Waals surface area contributed by atoms with E-state index in [9.17, 15) is 0 Å². The summed E-state index contributed by atoms with van der Waals surface area (Å²) in [6.07, 6.45) is 0.961. The zero-order valence-electron chi connectivity index (χ0n) is 8.85. The first-order valence-electron chi connectivity index (χ1n) is 5.02. The Hall–Kier alpha value is -1.55. The van der Waals surface area contributed by atoms with Crippen molar-refractivity contribution in [2.45, 2.75) is 19.4 Å². The number of nitrogens with one attached hydrogen (secondary N) is 1. The molecule has 1 aromatic carbocycles. The third-order valence-corrected chi connectivity index (χ3v) is 2.27. The minimum absolute atomic E-state index is 0.199. The molecular formula is C11H17N3O. The Balaban J connectivity index is 2.57. The topological polar surface area (TPSA) is 70.6 Å². The zero-order valence-corrected chi connectivity index (χ0v) is 8.85. The quantitative estimate of drug-likeness (QED) is 0.296. The van der Waals surface area contributed by atoms with Gasteiger partial charge in [-0.3, -0.25) is 0 Å². The summed E-state index contributed by atoms with van der Waals surface area (Å²) < 4.78 is 0.